The predicted octanol–water partition coefficient (Wildman–Crippen LogP) is 4.48. The second-order valence-electron chi connectivity index (χ2n) is 7.48. The summed E-state index contributed by atoms with van der Waals surface area (Å²) in [6, 6.07) is 16.2. The molecular weight excluding hydrogens is 400 g/mol. The molecule has 0 fully saturated rings. The molecule has 1 aliphatic rings. The van der Waals surface area contributed by atoms with Crippen molar-refractivity contribution >= 4 is 29.2 Å². The van der Waals surface area contributed by atoms with Gasteiger partial charge in [-0.1, -0.05) is 35.9 Å². The van der Waals surface area contributed by atoms with Crippen molar-refractivity contribution in [2.24, 2.45) is 0 Å². The summed E-state index contributed by atoms with van der Waals surface area (Å²) in [5, 5.41) is 0.702. The Hall–Kier alpha value is -3.18. The first-order chi connectivity index (χ1) is 14.4. The molecule has 2 amide bonds. The van der Waals surface area contributed by atoms with Crippen LogP contribution in [0.3, 0.4) is 0 Å². The van der Waals surface area contributed by atoms with Crippen molar-refractivity contribution in [3.8, 4) is 0 Å². The molecule has 0 spiro atoms. The van der Waals surface area contributed by atoms with Gasteiger partial charge in [0, 0.05) is 28.5 Å². The summed E-state index contributed by atoms with van der Waals surface area (Å²) in [5.41, 5.74) is 4.20. The Morgan fingerprint density at radius 3 is 2.13 bits per heavy atom. The number of fused-ring (bicyclic) bond motifs is 1. The highest BCUT2D eigenvalue weighted by Crippen LogP contribution is 2.24. The van der Waals surface area contributed by atoms with E-state index in [2.05, 4.69) is 4.57 Å². The Bertz CT molecular complexity index is 1130. The number of hydrogen-bond acceptors (Lipinski definition) is 3. The second-order valence-corrected chi connectivity index (χ2v) is 7.91. The number of Topliss-reactive ketones (excluding diaryl/α,β-unsaturated/α-hetero) is 1. The number of hydrogen-bond donors (Lipinski definition) is 0. The number of rotatable bonds is 6. The summed E-state index contributed by atoms with van der Waals surface area (Å²) in [7, 11) is 0. The van der Waals surface area contributed by atoms with E-state index in [1.807, 2.05) is 44.2 Å². The fraction of sp³-hybridized carbons (Fsp3) is 0.208. The van der Waals surface area contributed by atoms with Gasteiger partial charge in [0.15, 0.2) is 5.78 Å². The lowest BCUT2D eigenvalue weighted by Crippen LogP contribution is -2.35. The van der Waals surface area contributed by atoms with Gasteiger partial charge in [-0.2, -0.15) is 0 Å². The van der Waals surface area contributed by atoms with Crippen molar-refractivity contribution in [2.75, 3.05) is 6.54 Å². The molecule has 0 saturated heterocycles. The summed E-state index contributed by atoms with van der Waals surface area (Å²) in [5.74, 6) is -1.07. The van der Waals surface area contributed by atoms with Crippen LogP contribution >= 0.6 is 11.6 Å². The molecule has 6 heteroatoms. The SMILES string of the molecule is Cc1cc(C(=O)CN2C(=O)c3ccccc3C2=O)c(C)n1CCc1ccc(Cl)cc1. The molecule has 30 heavy (non-hydrogen) atoms. The van der Waals surface area contributed by atoms with Crippen LogP contribution < -0.4 is 0 Å². The van der Waals surface area contributed by atoms with Gasteiger partial charge in [-0.25, -0.2) is 0 Å². The minimum Gasteiger partial charge on any atom is -0.348 e. The summed E-state index contributed by atoms with van der Waals surface area (Å²) < 4.78 is 2.09. The van der Waals surface area contributed by atoms with Gasteiger partial charge in [0.1, 0.15) is 0 Å². The first kappa shape index (κ1) is 20.1. The third-order valence-electron chi connectivity index (χ3n) is 5.59. The van der Waals surface area contributed by atoms with Crippen LogP contribution in [-0.2, 0) is 13.0 Å². The highest BCUT2D eigenvalue weighted by atomic mass is 35.5. The molecular formula is C24H21ClN2O3. The zero-order valence-electron chi connectivity index (χ0n) is 16.8. The van der Waals surface area contributed by atoms with Crippen molar-refractivity contribution in [1.29, 1.82) is 0 Å². The zero-order valence-corrected chi connectivity index (χ0v) is 17.6. The Morgan fingerprint density at radius 2 is 1.53 bits per heavy atom. The maximum atomic E-state index is 13.0. The van der Waals surface area contributed by atoms with Gasteiger partial charge >= 0.3 is 0 Å². The number of carbonyl (C=O) groups excluding carboxylic acids is 3. The molecule has 5 nitrogen and oxygen atoms in total. The molecule has 3 aromatic rings. The normalized spacial score (nSPS) is 13.1. The highest BCUT2D eigenvalue weighted by Gasteiger charge is 2.36. The van der Waals surface area contributed by atoms with Gasteiger partial charge in [-0.3, -0.25) is 19.3 Å². The van der Waals surface area contributed by atoms with E-state index in [9.17, 15) is 14.4 Å². The van der Waals surface area contributed by atoms with Crippen molar-refractivity contribution in [2.45, 2.75) is 26.8 Å². The molecule has 2 aromatic carbocycles. The molecule has 0 aliphatic carbocycles. The van der Waals surface area contributed by atoms with Crippen molar-refractivity contribution in [3.63, 3.8) is 0 Å². The van der Waals surface area contributed by atoms with Gasteiger partial charge in [0.25, 0.3) is 11.8 Å². The van der Waals surface area contributed by atoms with Crippen LogP contribution in [0.1, 0.15) is 48.0 Å². The monoisotopic (exact) mass is 420 g/mol. The fourth-order valence-corrected chi connectivity index (χ4v) is 4.06. The van der Waals surface area contributed by atoms with Crippen molar-refractivity contribution in [3.05, 3.63) is 93.3 Å². The molecule has 0 radical (unpaired) electrons. The third-order valence-corrected chi connectivity index (χ3v) is 5.84. The number of nitrogens with zero attached hydrogens (tertiary/aromatic N) is 2. The standard InChI is InChI=1S/C24H21ClN2O3/c1-15-13-21(16(2)26(15)12-11-17-7-9-18(25)10-8-17)22(28)14-27-23(29)19-5-3-4-6-20(19)24(27)30/h3-10,13H,11-12,14H2,1-2H3. The molecule has 0 unspecified atom stereocenters. The van der Waals surface area contributed by atoms with Crippen LogP contribution in [0.2, 0.25) is 5.02 Å². The molecule has 0 saturated carbocycles. The lowest BCUT2D eigenvalue weighted by Gasteiger charge is -2.13. The average molecular weight is 421 g/mol. The Kier molecular flexibility index (Phi) is 5.31. The predicted molar refractivity (Wildman–Crippen MR) is 115 cm³/mol. The number of aryl methyl sites for hydroxylation is 2. The van der Waals surface area contributed by atoms with E-state index in [-0.39, 0.29) is 12.3 Å². The Labute approximate surface area is 179 Å². The quantitative estimate of drug-likeness (QED) is 0.436. The van der Waals surface area contributed by atoms with E-state index in [0.717, 1.165) is 34.8 Å². The minimum absolute atomic E-state index is 0.240. The zero-order chi connectivity index (χ0) is 21.4. The average Bonchev–Trinajstić information content (AvgIpc) is 3.16. The number of carbonyl (C=O) groups is 3. The van der Waals surface area contributed by atoms with Gasteiger partial charge in [-0.05, 0) is 56.2 Å². The lowest BCUT2D eigenvalue weighted by molar-refractivity contribution is 0.0624. The first-order valence-electron chi connectivity index (χ1n) is 9.76. The van der Waals surface area contributed by atoms with Crippen LogP contribution in [0.4, 0.5) is 0 Å². The molecule has 152 valence electrons. The summed E-state index contributed by atoms with van der Waals surface area (Å²) >= 11 is 5.94. The van der Waals surface area contributed by atoms with E-state index in [1.165, 1.54) is 0 Å². The van der Waals surface area contributed by atoms with Gasteiger partial charge in [0.2, 0.25) is 0 Å². The first-order valence-corrected chi connectivity index (χ1v) is 10.1. The maximum Gasteiger partial charge on any atom is 0.261 e. The summed E-state index contributed by atoms with van der Waals surface area (Å²) in [4.78, 5) is 39.1. The molecule has 1 aliphatic heterocycles. The number of ketones is 1. The Morgan fingerprint density at radius 1 is 0.933 bits per heavy atom. The smallest absolute Gasteiger partial charge is 0.261 e. The molecule has 0 N–H and O–H groups in total. The highest BCUT2D eigenvalue weighted by molar-refractivity contribution is 6.30. The van der Waals surface area contributed by atoms with E-state index >= 15 is 0 Å². The third kappa shape index (κ3) is 3.57. The van der Waals surface area contributed by atoms with E-state index in [0.29, 0.717) is 21.7 Å². The second kappa shape index (κ2) is 7.92. The number of imide groups is 1. The van der Waals surface area contributed by atoms with Gasteiger partial charge in [0.05, 0.1) is 17.7 Å². The minimum atomic E-state index is -0.416. The Balaban J connectivity index is 1.50. The van der Waals surface area contributed by atoms with E-state index in [1.54, 1.807) is 24.3 Å². The number of aromatic nitrogens is 1. The topological polar surface area (TPSA) is 59.4 Å². The van der Waals surface area contributed by atoms with Crippen LogP contribution in [0, 0.1) is 13.8 Å². The van der Waals surface area contributed by atoms with Crippen LogP contribution in [0.25, 0.3) is 0 Å². The maximum absolute atomic E-state index is 13.0. The number of benzene rings is 2. The largest absolute Gasteiger partial charge is 0.348 e. The molecule has 0 atom stereocenters. The van der Waals surface area contributed by atoms with Crippen molar-refractivity contribution < 1.29 is 14.4 Å². The molecule has 0 bridgehead atoms. The van der Waals surface area contributed by atoms with Crippen molar-refractivity contribution in [1.82, 2.24) is 9.47 Å². The van der Waals surface area contributed by atoms with Crippen LogP contribution in [0.15, 0.2) is 54.6 Å². The summed E-state index contributed by atoms with van der Waals surface area (Å²) in [6.07, 6.45) is 0.805. The van der Waals surface area contributed by atoms with Gasteiger partial charge < -0.3 is 4.57 Å². The number of amides is 2. The van der Waals surface area contributed by atoms with E-state index < -0.39 is 11.8 Å². The number of halogens is 1. The molecule has 4 rings (SSSR count). The lowest BCUT2D eigenvalue weighted by atomic mass is 10.1. The molecule has 2 heterocycles. The fourth-order valence-electron chi connectivity index (χ4n) is 3.93. The van der Waals surface area contributed by atoms with Gasteiger partial charge in [-0.15, -0.1) is 0 Å². The van der Waals surface area contributed by atoms with Crippen LogP contribution in [0.5, 0.6) is 0 Å². The van der Waals surface area contributed by atoms with E-state index in [4.69, 9.17) is 11.6 Å². The van der Waals surface area contributed by atoms with Crippen LogP contribution in [-0.4, -0.2) is 33.6 Å². The summed E-state index contributed by atoms with van der Waals surface area (Å²) in [6.45, 7) is 4.31. The molecule has 1 aromatic heterocycles.